The standard InChI is InChI=1S/C15H21NO/c1-10(16)15(6-7-15)13-8-11-4-2-3-5-12(11)9-14(13)17/h8-10,17H,2-7,16H2,1H3. The van der Waals surface area contributed by atoms with Crippen LogP contribution in [0.2, 0.25) is 0 Å². The van der Waals surface area contributed by atoms with Crippen LogP contribution in [-0.4, -0.2) is 11.1 Å². The summed E-state index contributed by atoms with van der Waals surface area (Å²) in [6.07, 6.45) is 7.06. The zero-order valence-corrected chi connectivity index (χ0v) is 10.5. The molecule has 1 fully saturated rings. The summed E-state index contributed by atoms with van der Waals surface area (Å²) < 4.78 is 0. The molecule has 0 spiro atoms. The van der Waals surface area contributed by atoms with Crippen LogP contribution in [0, 0.1) is 0 Å². The summed E-state index contributed by atoms with van der Waals surface area (Å²) in [6, 6.07) is 4.36. The molecule has 3 rings (SSSR count). The number of aromatic hydroxyl groups is 1. The van der Waals surface area contributed by atoms with E-state index in [0.717, 1.165) is 31.2 Å². The van der Waals surface area contributed by atoms with Crippen LogP contribution in [0.1, 0.15) is 49.3 Å². The average molecular weight is 231 g/mol. The molecule has 92 valence electrons. The van der Waals surface area contributed by atoms with Gasteiger partial charge in [0.2, 0.25) is 0 Å². The Morgan fingerprint density at radius 3 is 2.29 bits per heavy atom. The van der Waals surface area contributed by atoms with E-state index in [9.17, 15) is 5.11 Å². The van der Waals surface area contributed by atoms with Gasteiger partial charge in [0.05, 0.1) is 0 Å². The second-order valence-electron chi connectivity index (χ2n) is 5.79. The molecule has 2 heteroatoms. The highest BCUT2D eigenvalue weighted by atomic mass is 16.3. The van der Waals surface area contributed by atoms with Gasteiger partial charge < -0.3 is 10.8 Å². The van der Waals surface area contributed by atoms with E-state index in [4.69, 9.17) is 5.73 Å². The average Bonchev–Trinajstić information content (AvgIpc) is 3.09. The van der Waals surface area contributed by atoms with Gasteiger partial charge in [-0.25, -0.2) is 0 Å². The maximum Gasteiger partial charge on any atom is 0.119 e. The zero-order valence-electron chi connectivity index (χ0n) is 10.5. The zero-order chi connectivity index (χ0) is 12.0. The highest BCUT2D eigenvalue weighted by Crippen LogP contribution is 2.53. The first-order chi connectivity index (χ1) is 8.13. The van der Waals surface area contributed by atoms with E-state index in [1.807, 2.05) is 6.07 Å². The third kappa shape index (κ3) is 1.66. The van der Waals surface area contributed by atoms with Crippen LogP contribution in [0.3, 0.4) is 0 Å². The van der Waals surface area contributed by atoms with E-state index in [-0.39, 0.29) is 11.5 Å². The van der Waals surface area contributed by atoms with E-state index < -0.39 is 0 Å². The van der Waals surface area contributed by atoms with Gasteiger partial charge in [-0.3, -0.25) is 0 Å². The number of hydrogen-bond acceptors (Lipinski definition) is 2. The fraction of sp³-hybridized carbons (Fsp3) is 0.600. The molecule has 1 unspecified atom stereocenters. The molecule has 2 nitrogen and oxygen atoms in total. The molecule has 1 atom stereocenters. The predicted octanol–water partition coefficient (Wildman–Crippen LogP) is 2.65. The Bertz CT molecular complexity index is 446. The predicted molar refractivity (Wildman–Crippen MR) is 69.3 cm³/mol. The Hall–Kier alpha value is -1.02. The first-order valence-electron chi connectivity index (χ1n) is 6.74. The van der Waals surface area contributed by atoms with E-state index >= 15 is 0 Å². The van der Waals surface area contributed by atoms with Crippen LogP contribution in [0.25, 0.3) is 0 Å². The number of nitrogens with two attached hydrogens (primary N) is 1. The molecule has 1 aromatic rings. The molecule has 0 aliphatic heterocycles. The molecular formula is C15H21NO. The van der Waals surface area contributed by atoms with Crippen LogP contribution in [0.5, 0.6) is 5.75 Å². The monoisotopic (exact) mass is 231 g/mol. The molecule has 3 N–H and O–H groups in total. The van der Waals surface area contributed by atoms with Crippen LogP contribution in [0.4, 0.5) is 0 Å². The van der Waals surface area contributed by atoms with E-state index in [2.05, 4.69) is 13.0 Å². The molecule has 1 aromatic carbocycles. The molecule has 17 heavy (non-hydrogen) atoms. The number of aryl methyl sites for hydroxylation is 2. The lowest BCUT2D eigenvalue weighted by Crippen LogP contribution is -2.31. The molecular weight excluding hydrogens is 210 g/mol. The number of phenolic OH excluding ortho intramolecular Hbond substituents is 1. The Balaban J connectivity index is 2.06. The van der Waals surface area contributed by atoms with Gasteiger partial charge >= 0.3 is 0 Å². The summed E-state index contributed by atoms with van der Waals surface area (Å²) in [4.78, 5) is 0. The van der Waals surface area contributed by atoms with Crippen LogP contribution >= 0.6 is 0 Å². The van der Waals surface area contributed by atoms with Crippen LogP contribution in [0.15, 0.2) is 12.1 Å². The van der Waals surface area contributed by atoms with E-state index in [1.165, 1.54) is 24.0 Å². The molecule has 0 saturated heterocycles. The van der Waals surface area contributed by atoms with Crippen molar-refractivity contribution in [1.82, 2.24) is 0 Å². The Labute approximate surface area is 103 Å². The summed E-state index contributed by atoms with van der Waals surface area (Å²) >= 11 is 0. The maximum atomic E-state index is 10.2. The number of hydrogen-bond donors (Lipinski definition) is 2. The van der Waals surface area contributed by atoms with Gasteiger partial charge in [0.25, 0.3) is 0 Å². The lowest BCUT2D eigenvalue weighted by atomic mass is 9.83. The molecule has 0 aromatic heterocycles. The Morgan fingerprint density at radius 2 is 1.76 bits per heavy atom. The van der Waals surface area contributed by atoms with Gasteiger partial charge in [-0.15, -0.1) is 0 Å². The molecule has 0 radical (unpaired) electrons. The molecule has 0 amide bonds. The fourth-order valence-corrected chi connectivity index (χ4v) is 3.28. The smallest absolute Gasteiger partial charge is 0.119 e. The quantitative estimate of drug-likeness (QED) is 0.822. The number of benzene rings is 1. The van der Waals surface area contributed by atoms with Gasteiger partial charge in [0.1, 0.15) is 5.75 Å². The van der Waals surface area contributed by atoms with Crippen molar-refractivity contribution in [3.63, 3.8) is 0 Å². The summed E-state index contributed by atoms with van der Waals surface area (Å²) in [5.74, 6) is 0.473. The third-order valence-corrected chi connectivity index (χ3v) is 4.66. The van der Waals surface area contributed by atoms with Crippen molar-refractivity contribution in [3.05, 3.63) is 28.8 Å². The topological polar surface area (TPSA) is 46.2 Å². The number of fused-ring (bicyclic) bond motifs is 1. The molecule has 1 saturated carbocycles. The van der Waals surface area contributed by atoms with Gasteiger partial charge in [0.15, 0.2) is 0 Å². The van der Waals surface area contributed by atoms with Gasteiger partial charge in [-0.2, -0.15) is 0 Å². The summed E-state index contributed by atoms with van der Waals surface area (Å²) in [7, 11) is 0. The SMILES string of the molecule is CC(N)C1(c2cc3c(cc2O)CCCC3)CC1. The van der Waals surface area contributed by atoms with Crippen molar-refractivity contribution in [2.24, 2.45) is 5.73 Å². The maximum absolute atomic E-state index is 10.2. The van der Waals surface area contributed by atoms with Crippen molar-refractivity contribution in [1.29, 1.82) is 0 Å². The van der Waals surface area contributed by atoms with Crippen molar-refractivity contribution in [3.8, 4) is 5.75 Å². The summed E-state index contributed by atoms with van der Waals surface area (Å²) in [5.41, 5.74) is 10.1. The van der Waals surface area contributed by atoms with Gasteiger partial charge in [0, 0.05) is 17.0 Å². The number of rotatable bonds is 2. The minimum Gasteiger partial charge on any atom is -0.508 e. The highest BCUT2D eigenvalue weighted by molar-refractivity contribution is 5.50. The number of phenols is 1. The normalized spacial score (nSPS) is 22.9. The largest absolute Gasteiger partial charge is 0.508 e. The molecule has 2 aliphatic rings. The molecule has 0 heterocycles. The minimum absolute atomic E-state index is 0.0660. The van der Waals surface area contributed by atoms with Crippen molar-refractivity contribution in [2.45, 2.75) is 56.9 Å². The lowest BCUT2D eigenvalue weighted by molar-refractivity contribution is 0.444. The Kier molecular flexibility index (Phi) is 2.44. The summed E-state index contributed by atoms with van der Waals surface area (Å²) in [5, 5.41) is 10.2. The van der Waals surface area contributed by atoms with Crippen LogP contribution in [-0.2, 0) is 18.3 Å². The van der Waals surface area contributed by atoms with E-state index in [1.54, 1.807) is 0 Å². The first-order valence-corrected chi connectivity index (χ1v) is 6.74. The van der Waals surface area contributed by atoms with E-state index in [0.29, 0.717) is 5.75 Å². The molecule has 0 bridgehead atoms. The van der Waals surface area contributed by atoms with Crippen LogP contribution < -0.4 is 5.73 Å². The van der Waals surface area contributed by atoms with Crippen molar-refractivity contribution < 1.29 is 5.11 Å². The second-order valence-corrected chi connectivity index (χ2v) is 5.79. The summed E-state index contributed by atoms with van der Waals surface area (Å²) in [6.45, 7) is 2.06. The fourth-order valence-electron chi connectivity index (χ4n) is 3.28. The minimum atomic E-state index is 0.0660. The first kappa shape index (κ1) is 11.1. The van der Waals surface area contributed by atoms with Crippen molar-refractivity contribution >= 4 is 0 Å². The second kappa shape index (κ2) is 3.74. The van der Waals surface area contributed by atoms with Crippen molar-refractivity contribution in [2.75, 3.05) is 0 Å². The third-order valence-electron chi connectivity index (χ3n) is 4.66. The molecule has 2 aliphatic carbocycles. The Morgan fingerprint density at radius 1 is 1.18 bits per heavy atom. The highest BCUT2D eigenvalue weighted by Gasteiger charge is 2.49. The van der Waals surface area contributed by atoms with Gasteiger partial charge in [-0.1, -0.05) is 6.07 Å². The lowest BCUT2D eigenvalue weighted by Gasteiger charge is -2.25. The van der Waals surface area contributed by atoms with Gasteiger partial charge in [-0.05, 0) is 62.6 Å².